The number of ether oxygens (including phenoxy) is 1. The van der Waals surface area contributed by atoms with Crippen molar-refractivity contribution < 1.29 is 47.1 Å². The number of aliphatic hydroxyl groups is 1. The van der Waals surface area contributed by atoms with Gasteiger partial charge in [0, 0.05) is 29.3 Å². The molecule has 13 nitrogen and oxygen atoms in total. The molecule has 0 bridgehead atoms. The van der Waals surface area contributed by atoms with Gasteiger partial charge in [0.25, 0.3) is 17.5 Å². The van der Waals surface area contributed by atoms with E-state index in [1.807, 2.05) is 6.08 Å². The van der Waals surface area contributed by atoms with Gasteiger partial charge in [0.2, 0.25) is 11.8 Å². The summed E-state index contributed by atoms with van der Waals surface area (Å²) in [7, 11) is 0. The quantitative estimate of drug-likeness (QED) is 0.0784. The number of allylic oxidation sites excluding steroid dienone is 2. The number of aliphatic hydroxyl groups excluding tert-OH is 1. The van der Waals surface area contributed by atoms with E-state index < -0.39 is 86.1 Å². The Kier molecular flexibility index (Phi) is 9.76. The molecule has 4 aliphatic rings. The summed E-state index contributed by atoms with van der Waals surface area (Å²) >= 11 is 12.6. The number of alkyl halides is 3. The van der Waals surface area contributed by atoms with Gasteiger partial charge in [-0.05, 0) is 66.3 Å². The number of carbonyl (C=O) groups is 4. The second-order valence-electron chi connectivity index (χ2n) is 14.3. The van der Waals surface area contributed by atoms with Crippen LogP contribution in [0, 0.1) is 33.8 Å². The van der Waals surface area contributed by atoms with Crippen LogP contribution in [0.3, 0.4) is 0 Å². The van der Waals surface area contributed by atoms with Gasteiger partial charge in [-0.2, -0.15) is 18.2 Å². The Morgan fingerprint density at radius 3 is 2.34 bits per heavy atom. The van der Waals surface area contributed by atoms with Crippen molar-refractivity contribution in [2.45, 2.75) is 30.4 Å². The highest BCUT2D eigenvalue weighted by Crippen LogP contribution is 2.64. The summed E-state index contributed by atoms with van der Waals surface area (Å²) < 4.78 is 46.1. The Balaban J connectivity index is 1.29. The summed E-state index contributed by atoms with van der Waals surface area (Å²) in [6, 6.07) is 18.8. The van der Waals surface area contributed by atoms with Gasteiger partial charge in [0.05, 0.1) is 51.0 Å². The number of hydrazine groups is 1. The lowest BCUT2D eigenvalue weighted by atomic mass is 9.49. The van der Waals surface area contributed by atoms with Crippen LogP contribution in [0.1, 0.15) is 35.4 Å². The van der Waals surface area contributed by atoms with Gasteiger partial charge in [-0.1, -0.05) is 65.2 Å². The van der Waals surface area contributed by atoms with Crippen molar-refractivity contribution in [1.82, 2.24) is 9.99 Å². The number of nitro benzene ring substituents is 1. The maximum Gasteiger partial charge on any atom is 0.417 e. The van der Waals surface area contributed by atoms with E-state index >= 15 is 4.79 Å². The number of aromatic nitrogens is 1. The first-order valence-corrected chi connectivity index (χ1v) is 18.7. The third kappa shape index (κ3) is 6.17. The Labute approximate surface area is 337 Å². The lowest BCUT2D eigenvalue weighted by Crippen LogP contribution is -2.53. The summed E-state index contributed by atoms with van der Waals surface area (Å²) in [5.41, 5.74) is 0.850. The van der Waals surface area contributed by atoms with Crippen molar-refractivity contribution in [1.29, 1.82) is 0 Å². The molecule has 2 aliphatic heterocycles. The zero-order valence-electron chi connectivity index (χ0n) is 29.9. The monoisotopic (exact) mass is 835 g/mol. The molecule has 2 aliphatic carbocycles. The maximum absolute atomic E-state index is 15.3. The fraction of sp³-hybridized carbons (Fsp3) is 0.275. The van der Waals surface area contributed by atoms with Gasteiger partial charge in [-0.3, -0.25) is 34.7 Å². The molecule has 4 aromatic rings. The highest BCUT2D eigenvalue weighted by atomic mass is 35.5. The topological polar surface area (TPSA) is 172 Å². The van der Waals surface area contributed by atoms with Gasteiger partial charge in [0.1, 0.15) is 12.4 Å². The Hall–Kier alpha value is -5.84. The standard InChI is InChI=1S/C40H30Cl2F3N5O8/c41-23-8-6-21(7-9-23)39-30(36(53)49(38(39)55)47-34-31(42)16-22(19-46-34)40(43,44)45)18-29-27(33(39)20-4-10-26(11-5-20)58-15-14-51)12-13-28-32(29)37(54)48(35(28)52)24-2-1-3-25(17-24)50(56)57/h1-12,16-17,19,28-30,32-33,51H,13-15,18H2,(H,46,47)/t28-,29+,30-,32-,33-,39+/m0/s1. The molecule has 298 valence electrons. The third-order valence-corrected chi connectivity index (χ3v) is 12.0. The number of fused-ring (bicyclic) bond motifs is 4. The molecule has 6 atom stereocenters. The summed E-state index contributed by atoms with van der Waals surface area (Å²) in [4.78, 5) is 74.5. The van der Waals surface area contributed by atoms with Gasteiger partial charge in [0.15, 0.2) is 5.82 Å². The predicted octanol–water partition coefficient (Wildman–Crippen LogP) is 6.88. The van der Waals surface area contributed by atoms with E-state index in [4.69, 9.17) is 27.9 Å². The Bertz CT molecular complexity index is 2410. The number of imide groups is 2. The van der Waals surface area contributed by atoms with Gasteiger partial charge in [-0.25, -0.2) is 9.88 Å². The minimum atomic E-state index is -4.78. The summed E-state index contributed by atoms with van der Waals surface area (Å²) in [6.45, 7) is -0.249. The largest absolute Gasteiger partial charge is 0.491 e. The van der Waals surface area contributed by atoms with Crippen LogP contribution < -0.4 is 15.1 Å². The van der Waals surface area contributed by atoms with Gasteiger partial charge < -0.3 is 9.84 Å². The second kappa shape index (κ2) is 14.5. The molecule has 18 heteroatoms. The minimum Gasteiger partial charge on any atom is -0.491 e. The van der Waals surface area contributed by atoms with Crippen molar-refractivity contribution >= 4 is 64.0 Å². The second-order valence-corrected chi connectivity index (χ2v) is 15.2. The molecule has 3 aromatic carbocycles. The number of pyridine rings is 1. The Morgan fingerprint density at radius 1 is 0.966 bits per heavy atom. The molecule has 8 rings (SSSR count). The number of nitrogens with one attached hydrogen (secondary N) is 1. The lowest BCUT2D eigenvalue weighted by molar-refractivity contribution is -0.384. The molecule has 2 N–H and O–H groups in total. The van der Waals surface area contributed by atoms with E-state index in [1.165, 1.54) is 18.2 Å². The molecule has 2 saturated heterocycles. The van der Waals surface area contributed by atoms with Crippen LogP contribution in [0.2, 0.25) is 10.0 Å². The number of nitro groups is 1. The van der Waals surface area contributed by atoms with Crippen LogP contribution in [0.5, 0.6) is 5.75 Å². The van der Waals surface area contributed by atoms with E-state index in [-0.39, 0.29) is 37.4 Å². The number of halogens is 5. The molecule has 58 heavy (non-hydrogen) atoms. The average molecular weight is 837 g/mol. The van der Waals surface area contributed by atoms with Crippen LogP contribution in [0.15, 0.2) is 96.7 Å². The number of hydrogen-bond acceptors (Lipinski definition) is 10. The molecule has 3 heterocycles. The number of anilines is 2. The van der Waals surface area contributed by atoms with Crippen LogP contribution in [0.25, 0.3) is 0 Å². The molecule has 3 fully saturated rings. The van der Waals surface area contributed by atoms with Crippen LogP contribution >= 0.6 is 23.2 Å². The van der Waals surface area contributed by atoms with Crippen molar-refractivity contribution in [3.05, 3.63) is 134 Å². The number of carbonyl (C=O) groups excluding carboxylic acids is 4. The van der Waals surface area contributed by atoms with Crippen molar-refractivity contribution in [2.75, 3.05) is 23.5 Å². The van der Waals surface area contributed by atoms with E-state index in [0.717, 1.165) is 11.0 Å². The van der Waals surface area contributed by atoms with Gasteiger partial charge >= 0.3 is 6.18 Å². The van der Waals surface area contributed by atoms with E-state index in [2.05, 4.69) is 10.4 Å². The SMILES string of the molecule is O=C1[C@@H]2C[C@@H]3C(=CC[C@@H]4C(=O)N(c5cccc([N+](=O)[O-])c5)C(=O)[C@@H]43)[C@H](c3ccc(OCCO)cc3)[C@]2(c2ccc(Cl)cc2)C(=O)N1Nc1ncc(C(F)(F)F)cc1Cl. The summed E-state index contributed by atoms with van der Waals surface area (Å²) in [5.74, 6) is -7.73. The average Bonchev–Trinajstić information content (AvgIpc) is 3.58. The fourth-order valence-electron chi connectivity index (χ4n) is 9.08. The minimum absolute atomic E-state index is 0.00122. The first-order chi connectivity index (χ1) is 27.7. The van der Waals surface area contributed by atoms with Crippen LogP contribution in [0.4, 0.5) is 30.4 Å². The molecule has 0 unspecified atom stereocenters. The first kappa shape index (κ1) is 39.0. The number of amides is 4. The smallest absolute Gasteiger partial charge is 0.417 e. The normalized spacial score (nSPS) is 25.3. The maximum atomic E-state index is 15.3. The van der Waals surface area contributed by atoms with E-state index in [1.54, 1.807) is 48.5 Å². The fourth-order valence-corrected chi connectivity index (χ4v) is 9.41. The molecular formula is C40H30Cl2F3N5O8. The number of nitrogens with zero attached hydrogens (tertiary/aromatic N) is 4. The number of non-ortho nitro benzene ring substituents is 1. The zero-order chi connectivity index (χ0) is 41.3. The first-order valence-electron chi connectivity index (χ1n) is 18.0. The molecule has 1 saturated carbocycles. The van der Waals surface area contributed by atoms with Crippen LogP contribution in [-0.4, -0.2) is 56.9 Å². The highest BCUT2D eigenvalue weighted by Gasteiger charge is 2.70. The molecule has 0 radical (unpaired) electrons. The third-order valence-electron chi connectivity index (χ3n) is 11.4. The number of benzene rings is 3. The van der Waals surface area contributed by atoms with E-state index in [0.29, 0.717) is 44.7 Å². The Morgan fingerprint density at radius 2 is 1.69 bits per heavy atom. The summed E-state index contributed by atoms with van der Waals surface area (Å²) in [6.07, 6.45) is -2.51. The van der Waals surface area contributed by atoms with E-state index in [9.17, 15) is 42.8 Å². The number of rotatable bonds is 9. The van der Waals surface area contributed by atoms with Crippen LogP contribution in [-0.2, 0) is 30.8 Å². The summed E-state index contributed by atoms with van der Waals surface area (Å²) in [5, 5.41) is 21.4. The molecule has 4 amide bonds. The molecular weight excluding hydrogens is 806 g/mol. The zero-order valence-corrected chi connectivity index (χ0v) is 31.4. The number of hydrogen-bond donors (Lipinski definition) is 2. The predicted molar refractivity (Wildman–Crippen MR) is 201 cm³/mol. The molecule has 0 spiro atoms. The van der Waals surface area contributed by atoms with Crippen molar-refractivity contribution in [3.8, 4) is 5.75 Å². The lowest BCUT2D eigenvalue weighted by Gasteiger charge is -2.50. The van der Waals surface area contributed by atoms with Crippen molar-refractivity contribution in [2.24, 2.45) is 23.7 Å². The van der Waals surface area contributed by atoms with Crippen molar-refractivity contribution in [3.63, 3.8) is 0 Å². The van der Waals surface area contributed by atoms with Gasteiger partial charge in [-0.15, -0.1) is 0 Å². The highest BCUT2D eigenvalue weighted by molar-refractivity contribution is 6.33. The molecule has 1 aromatic heterocycles.